The van der Waals surface area contributed by atoms with E-state index in [2.05, 4.69) is 0 Å². The zero-order chi connectivity index (χ0) is 13.4. The molecule has 2 rings (SSSR count). The van der Waals surface area contributed by atoms with E-state index in [4.69, 9.17) is 9.52 Å². The number of hydrogen-bond acceptors (Lipinski definition) is 6. The Bertz CT molecular complexity index is 708. The molecule has 2 aromatic heterocycles. The van der Waals surface area contributed by atoms with Gasteiger partial charge in [0.1, 0.15) is 12.2 Å². The van der Waals surface area contributed by atoms with E-state index >= 15 is 0 Å². The van der Waals surface area contributed by atoms with Crippen molar-refractivity contribution in [1.82, 2.24) is 9.55 Å². The molecule has 0 saturated heterocycles. The van der Waals surface area contributed by atoms with Crippen molar-refractivity contribution in [3.63, 3.8) is 0 Å². The van der Waals surface area contributed by atoms with E-state index in [-0.39, 0.29) is 17.1 Å². The van der Waals surface area contributed by atoms with Gasteiger partial charge in [-0.1, -0.05) is 0 Å². The van der Waals surface area contributed by atoms with Gasteiger partial charge in [0.2, 0.25) is 11.5 Å². The first-order chi connectivity index (χ1) is 8.45. The first kappa shape index (κ1) is 12.0. The molecule has 0 radical (unpaired) electrons. The predicted molar refractivity (Wildman–Crippen MR) is 59.3 cm³/mol. The van der Waals surface area contributed by atoms with Crippen LogP contribution in [0.15, 0.2) is 20.2 Å². The molecule has 0 aliphatic carbocycles. The van der Waals surface area contributed by atoms with Crippen molar-refractivity contribution >= 4 is 0 Å². The molecule has 0 unspecified atom stereocenters. The Labute approximate surface area is 99.4 Å². The number of furan rings is 1. The van der Waals surface area contributed by atoms with Crippen molar-refractivity contribution in [2.75, 3.05) is 0 Å². The maximum absolute atomic E-state index is 11.6. The number of aliphatic hydroxyl groups excluding tert-OH is 1. The Morgan fingerprint density at radius 3 is 2.56 bits per heavy atom. The van der Waals surface area contributed by atoms with Crippen LogP contribution in [0.5, 0.6) is 11.5 Å². The molecule has 8 heteroatoms. The minimum Gasteiger partial charge on any atom is -0.502 e. The number of nitrogens with zero attached hydrogens (tertiary/aromatic N) is 1. The molecule has 18 heavy (non-hydrogen) atoms. The van der Waals surface area contributed by atoms with Crippen LogP contribution < -0.4 is 11.2 Å². The maximum Gasteiger partial charge on any atom is 0.328 e. The molecule has 96 valence electrons. The zero-order valence-corrected chi connectivity index (χ0v) is 9.30. The van der Waals surface area contributed by atoms with Gasteiger partial charge in [-0.15, -0.1) is 0 Å². The zero-order valence-electron chi connectivity index (χ0n) is 9.30. The standard InChI is InChI=1S/C10H10N2O6/c1-12-2-4(9(16)11-10(12)17)8-7(15)6(14)5(3-13)18-8/h2,13-15H,3H2,1H3,(H,11,16,17). The fraction of sp³-hybridized carbons (Fsp3) is 0.200. The number of hydrogen-bond donors (Lipinski definition) is 4. The largest absolute Gasteiger partial charge is 0.502 e. The number of aromatic hydroxyl groups is 2. The third-order valence-corrected chi connectivity index (χ3v) is 2.43. The molecule has 0 saturated carbocycles. The summed E-state index contributed by atoms with van der Waals surface area (Å²) in [6.07, 6.45) is 1.15. The third-order valence-electron chi connectivity index (χ3n) is 2.43. The summed E-state index contributed by atoms with van der Waals surface area (Å²) in [4.78, 5) is 24.7. The first-order valence-corrected chi connectivity index (χ1v) is 4.90. The average molecular weight is 254 g/mol. The van der Waals surface area contributed by atoms with Gasteiger partial charge in [0.05, 0.1) is 0 Å². The smallest absolute Gasteiger partial charge is 0.328 e. The Hall–Kier alpha value is -2.48. The van der Waals surface area contributed by atoms with Crippen LogP contribution in [0.3, 0.4) is 0 Å². The van der Waals surface area contributed by atoms with Crippen LogP contribution >= 0.6 is 0 Å². The fourth-order valence-electron chi connectivity index (χ4n) is 1.47. The summed E-state index contributed by atoms with van der Waals surface area (Å²) in [5.41, 5.74) is -1.53. The molecule has 0 amide bonds. The van der Waals surface area contributed by atoms with Crippen LogP contribution in [0.2, 0.25) is 0 Å². The van der Waals surface area contributed by atoms with Crippen molar-refractivity contribution < 1.29 is 19.7 Å². The van der Waals surface area contributed by atoms with Crippen LogP contribution in [0.25, 0.3) is 11.3 Å². The van der Waals surface area contributed by atoms with Crippen LogP contribution in [0.4, 0.5) is 0 Å². The van der Waals surface area contributed by atoms with Crippen molar-refractivity contribution in [3.8, 4) is 22.8 Å². The van der Waals surface area contributed by atoms with Gasteiger partial charge in [0, 0.05) is 13.2 Å². The van der Waals surface area contributed by atoms with Gasteiger partial charge in [0.15, 0.2) is 11.5 Å². The molecule has 0 bridgehead atoms. The number of rotatable bonds is 2. The number of nitrogens with one attached hydrogen (secondary N) is 1. The highest BCUT2D eigenvalue weighted by Gasteiger charge is 2.22. The lowest BCUT2D eigenvalue weighted by atomic mass is 10.2. The summed E-state index contributed by atoms with van der Waals surface area (Å²) in [6, 6.07) is 0. The molecular weight excluding hydrogens is 244 g/mol. The SMILES string of the molecule is Cn1cc(-c2oc(CO)c(O)c2O)c(=O)[nH]c1=O. The molecule has 0 atom stereocenters. The lowest BCUT2D eigenvalue weighted by Gasteiger charge is -2.00. The summed E-state index contributed by atoms with van der Waals surface area (Å²) >= 11 is 0. The van der Waals surface area contributed by atoms with E-state index in [1.165, 1.54) is 7.05 Å². The van der Waals surface area contributed by atoms with Gasteiger partial charge in [-0.2, -0.15) is 0 Å². The summed E-state index contributed by atoms with van der Waals surface area (Å²) in [5, 5.41) is 27.9. The first-order valence-electron chi connectivity index (χ1n) is 4.90. The van der Waals surface area contributed by atoms with E-state index in [0.29, 0.717) is 0 Å². The average Bonchev–Trinajstić information content (AvgIpc) is 2.61. The monoisotopic (exact) mass is 254 g/mol. The summed E-state index contributed by atoms with van der Waals surface area (Å²) in [5.74, 6) is -1.88. The lowest BCUT2D eigenvalue weighted by Crippen LogP contribution is -2.28. The van der Waals surface area contributed by atoms with E-state index < -0.39 is 29.4 Å². The molecule has 0 aliphatic rings. The van der Waals surface area contributed by atoms with Gasteiger partial charge >= 0.3 is 5.69 Å². The predicted octanol–water partition coefficient (Wildman–Crippen LogP) is -0.763. The Kier molecular flexibility index (Phi) is 2.71. The highest BCUT2D eigenvalue weighted by Crippen LogP contribution is 2.40. The summed E-state index contributed by atoms with van der Waals surface area (Å²) in [6.45, 7) is -0.636. The van der Waals surface area contributed by atoms with Crippen LogP contribution in [0.1, 0.15) is 5.76 Å². The summed E-state index contributed by atoms with van der Waals surface area (Å²) in [7, 11) is 1.40. The van der Waals surface area contributed by atoms with Crippen molar-refractivity contribution in [2.24, 2.45) is 7.05 Å². The molecule has 2 heterocycles. The lowest BCUT2D eigenvalue weighted by molar-refractivity contribution is 0.240. The van der Waals surface area contributed by atoms with Crippen LogP contribution in [-0.2, 0) is 13.7 Å². The van der Waals surface area contributed by atoms with E-state index in [1.54, 1.807) is 0 Å². The fourth-order valence-corrected chi connectivity index (χ4v) is 1.47. The molecule has 0 aromatic carbocycles. The minimum atomic E-state index is -0.772. The van der Waals surface area contributed by atoms with Gasteiger partial charge in [-0.25, -0.2) is 4.79 Å². The maximum atomic E-state index is 11.6. The molecule has 0 aliphatic heterocycles. The van der Waals surface area contributed by atoms with E-state index in [9.17, 15) is 19.8 Å². The second kappa shape index (κ2) is 4.08. The molecule has 4 N–H and O–H groups in total. The van der Waals surface area contributed by atoms with E-state index in [1.807, 2.05) is 4.98 Å². The van der Waals surface area contributed by atoms with Gasteiger partial charge in [0.25, 0.3) is 5.56 Å². The van der Waals surface area contributed by atoms with Crippen molar-refractivity contribution in [2.45, 2.75) is 6.61 Å². The summed E-state index contributed by atoms with van der Waals surface area (Å²) < 4.78 is 6.05. The normalized spacial score (nSPS) is 10.8. The Balaban J connectivity index is 2.74. The van der Waals surface area contributed by atoms with Crippen molar-refractivity contribution in [1.29, 1.82) is 0 Å². The van der Waals surface area contributed by atoms with Gasteiger partial charge < -0.3 is 24.3 Å². The van der Waals surface area contributed by atoms with E-state index in [0.717, 1.165) is 10.8 Å². The highest BCUT2D eigenvalue weighted by molar-refractivity contribution is 5.67. The van der Waals surface area contributed by atoms with Gasteiger partial charge in [-0.05, 0) is 0 Å². The number of aromatic amines is 1. The molecular formula is C10H10N2O6. The topological polar surface area (TPSA) is 129 Å². The number of aromatic nitrogens is 2. The van der Waals surface area contributed by atoms with Gasteiger partial charge in [-0.3, -0.25) is 9.78 Å². The molecule has 2 aromatic rings. The van der Waals surface area contributed by atoms with Crippen molar-refractivity contribution in [3.05, 3.63) is 32.8 Å². The Morgan fingerprint density at radius 1 is 1.33 bits per heavy atom. The molecule has 0 spiro atoms. The number of aliphatic hydroxyl groups is 1. The second-order valence-electron chi connectivity index (χ2n) is 3.62. The highest BCUT2D eigenvalue weighted by atomic mass is 16.4. The van der Waals surface area contributed by atoms with Crippen LogP contribution in [-0.4, -0.2) is 24.9 Å². The number of aryl methyl sites for hydroxylation is 1. The van der Waals surface area contributed by atoms with Crippen LogP contribution in [0, 0.1) is 0 Å². The quantitative estimate of drug-likeness (QED) is 0.557. The Morgan fingerprint density at radius 2 is 2.00 bits per heavy atom. The molecule has 8 nitrogen and oxygen atoms in total. The second-order valence-corrected chi connectivity index (χ2v) is 3.62. The minimum absolute atomic E-state index is 0.135. The molecule has 0 fully saturated rings. The number of H-pyrrole nitrogens is 1. The third kappa shape index (κ3) is 1.68.